The van der Waals surface area contributed by atoms with E-state index in [0.717, 1.165) is 7.11 Å². The molecule has 0 spiro atoms. The van der Waals surface area contributed by atoms with Crippen LogP contribution in [0, 0.1) is 0 Å². The third-order valence-electron chi connectivity index (χ3n) is 5.12. The van der Waals surface area contributed by atoms with Gasteiger partial charge in [-0.15, -0.1) is 0 Å². The monoisotopic (exact) mass is 459 g/mol. The van der Waals surface area contributed by atoms with Crippen LogP contribution in [0.5, 0.6) is 5.75 Å². The van der Waals surface area contributed by atoms with E-state index in [1.165, 1.54) is 12.1 Å². The summed E-state index contributed by atoms with van der Waals surface area (Å²) < 4.78 is 52.6. The van der Waals surface area contributed by atoms with Crippen LogP contribution in [0.4, 0.5) is 24.8 Å². The highest BCUT2D eigenvalue weighted by atomic mass is 35.5. The summed E-state index contributed by atoms with van der Waals surface area (Å²) in [7, 11) is 2.58. The van der Waals surface area contributed by atoms with Gasteiger partial charge in [0.2, 0.25) is 5.95 Å². The Kier molecular flexibility index (Phi) is 5.50. The molecule has 0 radical (unpaired) electrons. The van der Waals surface area contributed by atoms with E-state index in [2.05, 4.69) is 4.98 Å². The molecule has 1 aliphatic heterocycles. The van der Waals surface area contributed by atoms with Crippen molar-refractivity contribution < 1.29 is 22.6 Å². The molecule has 0 amide bonds. The summed E-state index contributed by atoms with van der Waals surface area (Å²) in [6, 6.07) is 8.01. The molecule has 160 valence electrons. The number of halogens is 5. The lowest BCUT2D eigenvalue weighted by atomic mass is 10.1. The van der Waals surface area contributed by atoms with Crippen molar-refractivity contribution in [3.8, 4) is 5.75 Å². The standard InChI is InChI=1S/C20H18Cl2F3N3O2/c1-29-11-4-7-15(14(22)10-11)27-8-3-9-28-17-12(18(30-2)20(23,24)25)5-6-13(21)16(17)26-19(27)28/h4-7,10,18H,3,8-9H2,1-2H3. The zero-order valence-electron chi connectivity index (χ0n) is 16.1. The lowest BCUT2D eigenvalue weighted by Crippen LogP contribution is -2.29. The van der Waals surface area contributed by atoms with Gasteiger partial charge < -0.3 is 18.9 Å². The molecule has 0 N–H and O–H groups in total. The van der Waals surface area contributed by atoms with Crippen LogP contribution in [0.3, 0.4) is 0 Å². The number of methoxy groups -OCH3 is 2. The van der Waals surface area contributed by atoms with Gasteiger partial charge in [0.15, 0.2) is 6.10 Å². The van der Waals surface area contributed by atoms with Crippen LogP contribution in [0.25, 0.3) is 11.0 Å². The van der Waals surface area contributed by atoms with Gasteiger partial charge >= 0.3 is 6.18 Å². The number of rotatable bonds is 4. The highest BCUT2D eigenvalue weighted by Gasteiger charge is 2.43. The Morgan fingerprint density at radius 3 is 2.47 bits per heavy atom. The molecule has 1 atom stereocenters. The molecule has 1 unspecified atom stereocenters. The van der Waals surface area contributed by atoms with Crippen molar-refractivity contribution in [2.75, 3.05) is 25.7 Å². The van der Waals surface area contributed by atoms with Gasteiger partial charge in [-0.3, -0.25) is 0 Å². The number of ether oxygens (including phenoxy) is 2. The molecule has 1 aliphatic rings. The summed E-state index contributed by atoms with van der Waals surface area (Å²) in [6.45, 7) is 1.10. The fourth-order valence-corrected chi connectivity index (χ4v) is 4.30. The predicted octanol–water partition coefficient (Wildman–Crippen LogP) is 6.14. The average Bonchev–Trinajstić information content (AvgIpc) is 3.10. The topological polar surface area (TPSA) is 39.5 Å². The van der Waals surface area contributed by atoms with Crippen molar-refractivity contribution in [2.24, 2.45) is 0 Å². The first-order chi connectivity index (χ1) is 14.3. The molecule has 0 fully saturated rings. The zero-order chi connectivity index (χ0) is 21.6. The van der Waals surface area contributed by atoms with Gasteiger partial charge in [-0.1, -0.05) is 29.3 Å². The molecule has 2 aromatic carbocycles. The molecule has 0 aliphatic carbocycles. The second kappa shape index (κ2) is 7.83. The van der Waals surface area contributed by atoms with E-state index in [4.69, 9.17) is 32.7 Å². The molecule has 0 saturated heterocycles. The Balaban J connectivity index is 1.92. The molecule has 4 rings (SSSR count). The highest BCUT2D eigenvalue weighted by molar-refractivity contribution is 6.35. The van der Waals surface area contributed by atoms with Crippen LogP contribution in [-0.2, 0) is 11.3 Å². The second-order valence-electron chi connectivity index (χ2n) is 6.88. The Morgan fingerprint density at radius 1 is 1.07 bits per heavy atom. The van der Waals surface area contributed by atoms with E-state index < -0.39 is 12.3 Å². The van der Waals surface area contributed by atoms with Crippen LogP contribution < -0.4 is 9.64 Å². The minimum Gasteiger partial charge on any atom is -0.497 e. The Labute approximate surface area is 180 Å². The largest absolute Gasteiger partial charge is 0.497 e. The molecule has 0 bridgehead atoms. The lowest BCUT2D eigenvalue weighted by molar-refractivity contribution is -0.215. The van der Waals surface area contributed by atoms with E-state index in [0.29, 0.717) is 53.0 Å². The number of benzene rings is 2. The number of aromatic nitrogens is 2. The van der Waals surface area contributed by atoms with Crippen molar-refractivity contribution in [3.05, 3.63) is 45.9 Å². The van der Waals surface area contributed by atoms with Gasteiger partial charge in [-0.05, 0) is 24.6 Å². The maximum atomic E-state index is 13.6. The first-order valence-corrected chi connectivity index (χ1v) is 9.91. The first-order valence-electron chi connectivity index (χ1n) is 9.15. The van der Waals surface area contributed by atoms with Crippen LogP contribution in [0.1, 0.15) is 18.1 Å². The molecular formula is C20H18Cl2F3N3O2. The van der Waals surface area contributed by atoms with E-state index in [1.54, 1.807) is 29.9 Å². The maximum absolute atomic E-state index is 13.6. The summed E-state index contributed by atoms with van der Waals surface area (Å²) in [6.07, 6.45) is -5.97. The van der Waals surface area contributed by atoms with Crippen molar-refractivity contribution in [3.63, 3.8) is 0 Å². The van der Waals surface area contributed by atoms with Gasteiger partial charge in [-0.25, -0.2) is 4.98 Å². The minimum absolute atomic E-state index is 0.0224. The summed E-state index contributed by atoms with van der Waals surface area (Å²) in [5, 5.41) is 0.722. The SMILES string of the molecule is COc1ccc(N2CCCn3c2nc2c(Cl)ccc(C(OC)C(F)(F)F)c23)c(Cl)c1. The van der Waals surface area contributed by atoms with Crippen LogP contribution in [0.15, 0.2) is 30.3 Å². The second-order valence-corrected chi connectivity index (χ2v) is 7.69. The Hall–Kier alpha value is -2.16. The molecule has 3 aromatic rings. The van der Waals surface area contributed by atoms with Gasteiger partial charge in [0.25, 0.3) is 0 Å². The van der Waals surface area contributed by atoms with Crippen LogP contribution in [0.2, 0.25) is 10.0 Å². The van der Waals surface area contributed by atoms with Gasteiger partial charge in [-0.2, -0.15) is 13.2 Å². The smallest absolute Gasteiger partial charge is 0.418 e. The molecule has 5 nitrogen and oxygen atoms in total. The van der Waals surface area contributed by atoms with Gasteiger partial charge in [0.1, 0.15) is 11.3 Å². The normalized spacial score (nSPS) is 15.4. The van der Waals surface area contributed by atoms with Gasteiger partial charge in [0, 0.05) is 31.8 Å². The van der Waals surface area contributed by atoms with Crippen molar-refractivity contribution in [1.82, 2.24) is 9.55 Å². The van der Waals surface area contributed by atoms with Crippen LogP contribution in [-0.4, -0.2) is 36.5 Å². The summed E-state index contributed by atoms with van der Waals surface area (Å²) in [4.78, 5) is 6.47. The third-order valence-corrected chi connectivity index (χ3v) is 5.73. The number of hydrogen-bond donors (Lipinski definition) is 0. The van der Waals surface area contributed by atoms with Crippen molar-refractivity contribution in [2.45, 2.75) is 25.2 Å². The minimum atomic E-state index is -4.58. The number of imidazole rings is 1. The average molecular weight is 460 g/mol. The van der Waals surface area contributed by atoms with Crippen LogP contribution >= 0.6 is 23.2 Å². The maximum Gasteiger partial charge on any atom is 0.418 e. The number of anilines is 2. The van der Waals surface area contributed by atoms with E-state index in [9.17, 15) is 13.2 Å². The zero-order valence-corrected chi connectivity index (χ0v) is 17.6. The third kappa shape index (κ3) is 3.46. The summed E-state index contributed by atoms with van der Waals surface area (Å²) in [5.74, 6) is 1.09. The lowest BCUT2D eigenvalue weighted by Gasteiger charge is -2.30. The van der Waals surface area contributed by atoms with Crippen molar-refractivity contribution in [1.29, 1.82) is 0 Å². The van der Waals surface area contributed by atoms with Crippen molar-refractivity contribution >= 4 is 45.9 Å². The van der Waals surface area contributed by atoms with E-state index >= 15 is 0 Å². The molecule has 0 saturated carbocycles. The number of hydrogen-bond acceptors (Lipinski definition) is 4. The number of aryl methyl sites for hydroxylation is 1. The fraction of sp³-hybridized carbons (Fsp3) is 0.350. The number of alkyl halides is 3. The molecule has 1 aromatic heterocycles. The number of nitrogens with zero attached hydrogens (tertiary/aromatic N) is 3. The number of fused-ring (bicyclic) bond motifs is 3. The molecular weight excluding hydrogens is 442 g/mol. The quantitative estimate of drug-likeness (QED) is 0.469. The fourth-order valence-electron chi connectivity index (χ4n) is 3.84. The molecule has 2 heterocycles. The van der Waals surface area contributed by atoms with E-state index in [-0.39, 0.29) is 10.6 Å². The Morgan fingerprint density at radius 2 is 1.83 bits per heavy atom. The molecule has 30 heavy (non-hydrogen) atoms. The summed E-state index contributed by atoms with van der Waals surface area (Å²) in [5.41, 5.74) is 1.28. The predicted molar refractivity (Wildman–Crippen MR) is 110 cm³/mol. The Bertz CT molecular complexity index is 1100. The highest BCUT2D eigenvalue weighted by Crippen LogP contribution is 2.44. The van der Waals surface area contributed by atoms with E-state index in [1.807, 2.05) is 4.90 Å². The summed E-state index contributed by atoms with van der Waals surface area (Å²) >= 11 is 12.8. The van der Waals surface area contributed by atoms with Gasteiger partial charge in [0.05, 0.1) is 28.4 Å². The first kappa shape index (κ1) is 21.1. The molecule has 10 heteroatoms.